The van der Waals surface area contributed by atoms with Crippen molar-refractivity contribution in [1.29, 1.82) is 0 Å². The average Bonchev–Trinajstić information content (AvgIpc) is 2.66. The molecule has 1 aliphatic rings. The lowest BCUT2D eigenvalue weighted by molar-refractivity contribution is -0.140. The number of hydrogen-bond donors (Lipinski definition) is 1. The molecule has 1 amide bonds. The summed E-state index contributed by atoms with van der Waals surface area (Å²) < 4.78 is 20.2. The fraction of sp³-hybridized carbons (Fsp3) is 0.421. The van der Waals surface area contributed by atoms with Gasteiger partial charge < -0.3 is 23.8 Å². The Hall–Kier alpha value is -2.78. The van der Waals surface area contributed by atoms with Gasteiger partial charge in [-0.15, -0.1) is 0 Å². The molecule has 0 spiro atoms. The standard InChI is InChI=1S/C19H23ClN2O7/c1-19(2,3)29-18(25)21-11-6-7-13(20)14(8-11)22-10-28-9-12(16(23)26-4)15(22)17(24)27-5/h6-8H,9-10H2,1-5H3,(H,21,25). The number of anilines is 2. The molecule has 29 heavy (non-hydrogen) atoms. The van der Waals surface area contributed by atoms with Gasteiger partial charge in [-0.3, -0.25) is 5.32 Å². The van der Waals surface area contributed by atoms with Crippen molar-refractivity contribution >= 4 is 41.0 Å². The zero-order chi connectivity index (χ0) is 21.8. The van der Waals surface area contributed by atoms with Gasteiger partial charge in [-0.1, -0.05) is 11.6 Å². The highest BCUT2D eigenvalue weighted by Gasteiger charge is 2.33. The molecule has 0 saturated carbocycles. The van der Waals surface area contributed by atoms with Gasteiger partial charge in [-0.25, -0.2) is 14.4 Å². The third-order valence-corrected chi connectivity index (χ3v) is 4.03. The lowest BCUT2D eigenvalue weighted by Gasteiger charge is -2.32. The molecule has 0 aliphatic carbocycles. The van der Waals surface area contributed by atoms with Crippen molar-refractivity contribution in [3.63, 3.8) is 0 Å². The first-order chi connectivity index (χ1) is 13.6. The van der Waals surface area contributed by atoms with E-state index in [1.807, 2.05) is 0 Å². The van der Waals surface area contributed by atoms with Gasteiger partial charge in [0.2, 0.25) is 0 Å². The van der Waals surface area contributed by atoms with Crippen LogP contribution in [0.5, 0.6) is 0 Å². The highest BCUT2D eigenvalue weighted by molar-refractivity contribution is 6.33. The van der Waals surface area contributed by atoms with Crippen LogP contribution in [-0.4, -0.2) is 51.2 Å². The first kappa shape index (κ1) is 22.5. The molecule has 2 rings (SSSR count). The Kier molecular flexibility index (Phi) is 7.10. The maximum Gasteiger partial charge on any atom is 0.412 e. The van der Waals surface area contributed by atoms with Gasteiger partial charge in [0, 0.05) is 5.69 Å². The summed E-state index contributed by atoms with van der Waals surface area (Å²) in [5, 5.41) is 2.86. The summed E-state index contributed by atoms with van der Waals surface area (Å²) in [5.74, 6) is -1.48. The number of benzene rings is 1. The molecule has 1 aromatic carbocycles. The Morgan fingerprint density at radius 3 is 2.38 bits per heavy atom. The summed E-state index contributed by atoms with van der Waals surface area (Å²) in [6, 6.07) is 4.63. The third-order valence-electron chi connectivity index (χ3n) is 3.72. The fourth-order valence-corrected chi connectivity index (χ4v) is 2.77. The molecule has 0 radical (unpaired) electrons. The van der Waals surface area contributed by atoms with E-state index in [4.69, 9.17) is 30.5 Å². The van der Waals surface area contributed by atoms with Crippen molar-refractivity contribution in [3.8, 4) is 0 Å². The molecule has 1 aliphatic heterocycles. The summed E-state index contributed by atoms with van der Waals surface area (Å²) in [6.45, 7) is 5.04. The van der Waals surface area contributed by atoms with Gasteiger partial charge >= 0.3 is 18.0 Å². The minimum Gasteiger partial charge on any atom is -0.466 e. The molecule has 0 atom stereocenters. The van der Waals surface area contributed by atoms with E-state index in [2.05, 4.69) is 5.32 Å². The van der Waals surface area contributed by atoms with E-state index in [1.54, 1.807) is 26.8 Å². The number of methoxy groups -OCH3 is 2. The van der Waals surface area contributed by atoms with Gasteiger partial charge in [0.25, 0.3) is 0 Å². The second-order valence-electron chi connectivity index (χ2n) is 7.01. The number of rotatable bonds is 4. The molecule has 1 heterocycles. The number of carbonyl (C=O) groups is 3. The molecular formula is C19H23ClN2O7. The second-order valence-corrected chi connectivity index (χ2v) is 7.42. The number of amides is 1. The number of esters is 2. The largest absolute Gasteiger partial charge is 0.466 e. The first-order valence-electron chi connectivity index (χ1n) is 8.62. The van der Waals surface area contributed by atoms with Crippen molar-refractivity contribution < 1.29 is 33.3 Å². The predicted octanol–water partition coefficient (Wildman–Crippen LogP) is 3.08. The number of ether oxygens (including phenoxy) is 4. The van der Waals surface area contributed by atoms with Gasteiger partial charge in [0.1, 0.15) is 18.0 Å². The summed E-state index contributed by atoms with van der Waals surface area (Å²) in [5.41, 5.74) is -0.0418. The van der Waals surface area contributed by atoms with E-state index < -0.39 is 23.6 Å². The summed E-state index contributed by atoms with van der Waals surface area (Å²) in [4.78, 5) is 37.9. The smallest absolute Gasteiger partial charge is 0.412 e. The minimum atomic E-state index is -0.754. The lowest BCUT2D eigenvalue weighted by Crippen LogP contribution is -2.39. The number of nitrogens with one attached hydrogen (secondary N) is 1. The van der Waals surface area contributed by atoms with Crippen molar-refractivity contribution in [1.82, 2.24) is 0 Å². The van der Waals surface area contributed by atoms with Crippen molar-refractivity contribution in [2.24, 2.45) is 0 Å². The van der Waals surface area contributed by atoms with Crippen LogP contribution in [0.15, 0.2) is 29.5 Å². The summed E-state index contributed by atoms with van der Waals surface area (Å²) >= 11 is 6.31. The van der Waals surface area contributed by atoms with Crippen LogP contribution >= 0.6 is 11.6 Å². The molecular weight excluding hydrogens is 404 g/mol. The number of hydrogen-bond acceptors (Lipinski definition) is 8. The highest BCUT2D eigenvalue weighted by Crippen LogP contribution is 2.34. The van der Waals surface area contributed by atoms with E-state index in [-0.39, 0.29) is 29.6 Å². The van der Waals surface area contributed by atoms with Gasteiger partial charge in [-0.2, -0.15) is 0 Å². The molecule has 9 nitrogen and oxygen atoms in total. The normalized spacial score (nSPS) is 14.3. The third kappa shape index (κ3) is 5.61. The molecule has 0 aromatic heterocycles. The second kappa shape index (κ2) is 9.15. The van der Waals surface area contributed by atoms with E-state index in [0.717, 1.165) is 0 Å². The summed E-state index contributed by atoms with van der Waals surface area (Å²) in [7, 11) is 2.39. The first-order valence-corrected chi connectivity index (χ1v) is 8.99. The Morgan fingerprint density at radius 2 is 1.79 bits per heavy atom. The van der Waals surface area contributed by atoms with E-state index in [0.29, 0.717) is 11.4 Å². The van der Waals surface area contributed by atoms with Crippen molar-refractivity contribution in [2.45, 2.75) is 26.4 Å². The quantitative estimate of drug-likeness (QED) is 0.578. The Morgan fingerprint density at radius 1 is 1.14 bits per heavy atom. The van der Waals surface area contributed by atoms with Crippen LogP contribution in [-0.2, 0) is 28.5 Å². The van der Waals surface area contributed by atoms with Crippen LogP contribution in [0.4, 0.5) is 16.2 Å². The SMILES string of the molecule is COC(=O)C1=C(C(=O)OC)N(c2cc(NC(=O)OC(C)(C)C)ccc2Cl)COC1. The molecule has 0 bridgehead atoms. The molecule has 158 valence electrons. The maximum absolute atomic E-state index is 12.4. The zero-order valence-corrected chi connectivity index (χ0v) is 17.6. The number of nitrogens with zero attached hydrogens (tertiary/aromatic N) is 1. The molecule has 1 aromatic rings. The van der Waals surface area contributed by atoms with Crippen LogP contribution in [0.1, 0.15) is 20.8 Å². The van der Waals surface area contributed by atoms with Crippen LogP contribution in [0.3, 0.4) is 0 Å². The van der Waals surface area contributed by atoms with E-state index >= 15 is 0 Å². The van der Waals surface area contributed by atoms with Gasteiger partial charge in [0.05, 0.1) is 37.1 Å². The topological polar surface area (TPSA) is 103 Å². The Balaban J connectivity index is 2.44. The molecule has 10 heteroatoms. The maximum atomic E-state index is 12.4. The van der Waals surface area contributed by atoms with E-state index in [1.165, 1.54) is 31.3 Å². The molecule has 0 fully saturated rings. The predicted molar refractivity (Wildman–Crippen MR) is 106 cm³/mol. The Bertz CT molecular complexity index is 845. The minimum absolute atomic E-state index is 0.00725. The highest BCUT2D eigenvalue weighted by atomic mass is 35.5. The zero-order valence-electron chi connectivity index (χ0n) is 16.8. The van der Waals surface area contributed by atoms with Crippen molar-refractivity contribution in [2.75, 3.05) is 37.8 Å². The van der Waals surface area contributed by atoms with E-state index in [9.17, 15) is 14.4 Å². The summed E-state index contributed by atoms with van der Waals surface area (Å²) in [6.07, 6.45) is -0.653. The Labute approximate surface area is 173 Å². The van der Waals surface area contributed by atoms with Crippen LogP contribution < -0.4 is 10.2 Å². The lowest BCUT2D eigenvalue weighted by atomic mass is 10.1. The molecule has 0 saturated heterocycles. The molecule has 0 unspecified atom stereocenters. The van der Waals surface area contributed by atoms with Gasteiger partial charge in [0.15, 0.2) is 0 Å². The van der Waals surface area contributed by atoms with Crippen molar-refractivity contribution in [3.05, 3.63) is 34.5 Å². The van der Waals surface area contributed by atoms with Crippen LogP contribution in [0.25, 0.3) is 0 Å². The fourth-order valence-electron chi connectivity index (χ4n) is 2.55. The van der Waals surface area contributed by atoms with Gasteiger partial charge in [-0.05, 0) is 39.0 Å². The monoisotopic (exact) mass is 426 g/mol. The number of carbonyl (C=O) groups excluding carboxylic acids is 3. The van der Waals surface area contributed by atoms with Crippen LogP contribution in [0.2, 0.25) is 5.02 Å². The molecule has 1 N–H and O–H groups in total. The average molecular weight is 427 g/mol. The number of halogens is 1. The van der Waals surface area contributed by atoms with Crippen LogP contribution in [0, 0.1) is 0 Å².